The highest BCUT2D eigenvalue weighted by atomic mass is 15.4. The van der Waals surface area contributed by atoms with Gasteiger partial charge in [0.15, 0.2) is 0 Å². The molecular weight excluding hydrogens is 374 g/mol. The summed E-state index contributed by atoms with van der Waals surface area (Å²) in [5.74, 6) is 2.84. The minimum absolute atomic E-state index is 0.178. The summed E-state index contributed by atoms with van der Waals surface area (Å²) in [7, 11) is 0. The maximum atomic E-state index is 5.97. The minimum Gasteiger partial charge on any atom is -0.368 e. The Balaban J connectivity index is 1.62. The van der Waals surface area contributed by atoms with Gasteiger partial charge in [-0.3, -0.25) is 4.98 Å². The molecule has 7 heteroatoms. The van der Waals surface area contributed by atoms with Gasteiger partial charge in [0.2, 0.25) is 5.95 Å². The molecule has 0 bridgehead atoms. The Labute approximate surface area is 175 Å². The number of nitrogen functional groups attached to an aromatic ring is 1. The Kier molecular flexibility index (Phi) is 5.48. The molecule has 1 aromatic carbocycles. The topological polar surface area (TPSA) is 95.4 Å². The number of hydrogen-bond donors (Lipinski definition) is 1. The fourth-order valence-corrected chi connectivity index (χ4v) is 3.18. The Bertz CT molecular complexity index is 1220. The Morgan fingerprint density at radius 1 is 0.967 bits per heavy atom. The number of pyridine rings is 1. The largest absolute Gasteiger partial charge is 0.368 e. The molecule has 7 nitrogen and oxygen atoms in total. The molecule has 30 heavy (non-hydrogen) atoms. The van der Waals surface area contributed by atoms with Gasteiger partial charge in [0.1, 0.15) is 5.69 Å². The van der Waals surface area contributed by atoms with E-state index < -0.39 is 0 Å². The number of terminal acetylenes is 1. The molecule has 3 heterocycles. The summed E-state index contributed by atoms with van der Waals surface area (Å²) in [6.45, 7) is 2.61. The van der Waals surface area contributed by atoms with Crippen molar-refractivity contribution in [2.24, 2.45) is 0 Å². The molecule has 0 fully saturated rings. The number of aromatic nitrogens is 6. The summed E-state index contributed by atoms with van der Waals surface area (Å²) in [5.41, 5.74) is 11.9. The SMILES string of the molecule is C#CCc1cccc(-c2cc(-c3cn(Cc4cccc(CC)n4)nn3)nc(N)n2)c1. The lowest BCUT2D eigenvalue weighted by molar-refractivity contribution is 0.636. The highest BCUT2D eigenvalue weighted by Crippen LogP contribution is 2.24. The molecule has 3 aromatic heterocycles. The van der Waals surface area contributed by atoms with Gasteiger partial charge in [0, 0.05) is 17.7 Å². The lowest BCUT2D eigenvalue weighted by Gasteiger charge is -2.06. The van der Waals surface area contributed by atoms with Crippen LogP contribution in [0.4, 0.5) is 5.95 Å². The minimum atomic E-state index is 0.178. The van der Waals surface area contributed by atoms with E-state index in [4.69, 9.17) is 12.2 Å². The summed E-state index contributed by atoms with van der Waals surface area (Å²) in [4.78, 5) is 13.3. The second kappa shape index (κ2) is 8.53. The van der Waals surface area contributed by atoms with Gasteiger partial charge in [0.05, 0.1) is 29.8 Å². The first-order valence-electron chi connectivity index (χ1n) is 9.67. The molecule has 0 saturated heterocycles. The van der Waals surface area contributed by atoms with E-state index in [2.05, 4.69) is 38.1 Å². The van der Waals surface area contributed by atoms with Crippen LogP contribution in [0.25, 0.3) is 22.6 Å². The molecule has 0 unspecified atom stereocenters. The molecule has 0 amide bonds. The molecule has 0 spiro atoms. The Morgan fingerprint density at radius 2 is 1.77 bits per heavy atom. The number of nitrogens with zero attached hydrogens (tertiary/aromatic N) is 6. The predicted octanol–water partition coefficient (Wildman–Crippen LogP) is 3.17. The quantitative estimate of drug-likeness (QED) is 0.504. The highest BCUT2D eigenvalue weighted by Gasteiger charge is 2.11. The van der Waals surface area contributed by atoms with Gasteiger partial charge >= 0.3 is 0 Å². The first-order chi connectivity index (χ1) is 14.6. The average molecular weight is 395 g/mol. The van der Waals surface area contributed by atoms with Crippen LogP contribution in [0.3, 0.4) is 0 Å². The second-order valence-electron chi connectivity index (χ2n) is 6.85. The van der Waals surface area contributed by atoms with E-state index in [0.29, 0.717) is 30.0 Å². The Morgan fingerprint density at radius 3 is 2.60 bits per heavy atom. The van der Waals surface area contributed by atoms with Gasteiger partial charge < -0.3 is 5.73 Å². The van der Waals surface area contributed by atoms with E-state index >= 15 is 0 Å². The van der Waals surface area contributed by atoms with Crippen molar-refractivity contribution in [3.05, 3.63) is 71.7 Å². The number of anilines is 1. The third-order valence-electron chi connectivity index (χ3n) is 4.62. The average Bonchev–Trinajstić information content (AvgIpc) is 3.22. The summed E-state index contributed by atoms with van der Waals surface area (Å²) in [6, 6.07) is 15.8. The molecular formula is C23H21N7. The second-order valence-corrected chi connectivity index (χ2v) is 6.85. The molecule has 0 aliphatic heterocycles. The predicted molar refractivity (Wildman–Crippen MR) is 116 cm³/mol. The fourth-order valence-electron chi connectivity index (χ4n) is 3.18. The summed E-state index contributed by atoms with van der Waals surface area (Å²) < 4.78 is 1.74. The fraction of sp³-hybridized carbons (Fsp3) is 0.174. The van der Waals surface area contributed by atoms with E-state index in [0.717, 1.165) is 28.9 Å². The van der Waals surface area contributed by atoms with E-state index in [1.54, 1.807) is 4.68 Å². The van der Waals surface area contributed by atoms with Crippen molar-refractivity contribution in [2.75, 3.05) is 5.73 Å². The van der Waals surface area contributed by atoms with Gasteiger partial charge in [-0.2, -0.15) is 0 Å². The van der Waals surface area contributed by atoms with Crippen molar-refractivity contribution in [2.45, 2.75) is 26.3 Å². The first kappa shape index (κ1) is 19.3. The van der Waals surface area contributed by atoms with Gasteiger partial charge in [-0.1, -0.05) is 36.4 Å². The maximum absolute atomic E-state index is 5.97. The number of hydrogen-bond acceptors (Lipinski definition) is 6. The molecule has 0 saturated carbocycles. The smallest absolute Gasteiger partial charge is 0.221 e. The normalized spacial score (nSPS) is 10.7. The summed E-state index contributed by atoms with van der Waals surface area (Å²) in [5, 5.41) is 8.48. The number of rotatable bonds is 6. The molecule has 0 aliphatic rings. The zero-order valence-electron chi connectivity index (χ0n) is 16.7. The van der Waals surface area contributed by atoms with Crippen LogP contribution < -0.4 is 5.73 Å². The molecule has 0 atom stereocenters. The molecule has 2 N–H and O–H groups in total. The standard InChI is InChI=1S/C23H21N7/c1-3-7-16-8-5-9-17(12-16)20-13-21(27-23(24)26-20)22-15-30(29-28-22)14-19-11-6-10-18(4-2)25-19/h1,5-6,8-13,15H,4,7,14H2,2H3,(H2,24,26,27). The van der Waals surface area contributed by atoms with Crippen LogP contribution >= 0.6 is 0 Å². The van der Waals surface area contributed by atoms with E-state index in [1.807, 2.05) is 54.7 Å². The van der Waals surface area contributed by atoms with Gasteiger partial charge in [-0.05, 0) is 36.2 Å². The van der Waals surface area contributed by atoms with Crippen LogP contribution in [-0.2, 0) is 19.4 Å². The van der Waals surface area contributed by atoms with Crippen molar-refractivity contribution in [3.63, 3.8) is 0 Å². The van der Waals surface area contributed by atoms with Crippen molar-refractivity contribution < 1.29 is 0 Å². The van der Waals surface area contributed by atoms with Crippen LogP contribution in [-0.4, -0.2) is 29.9 Å². The molecule has 0 radical (unpaired) electrons. The van der Waals surface area contributed by atoms with Crippen molar-refractivity contribution in [1.29, 1.82) is 0 Å². The summed E-state index contributed by atoms with van der Waals surface area (Å²) in [6.07, 6.45) is 8.71. The van der Waals surface area contributed by atoms with Crippen molar-refractivity contribution >= 4 is 5.95 Å². The third kappa shape index (κ3) is 4.33. The molecule has 4 rings (SSSR count). The molecule has 148 valence electrons. The summed E-state index contributed by atoms with van der Waals surface area (Å²) >= 11 is 0. The van der Waals surface area contributed by atoms with Crippen LogP contribution in [0, 0.1) is 12.3 Å². The monoisotopic (exact) mass is 395 g/mol. The molecule has 4 aromatic rings. The lowest BCUT2D eigenvalue weighted by atomic mass is 10.1. The van der Waals surface area contributed by atoms with Crippen molar-refractivity contribution in [3.8, 4) is 35.0 Å². The van der Waals surface area contributed by atoms with Crippen LogP contribution in [0.1, 0.15) is 23.9 Å². The maximum Gasteiger partial charge on any atom is 0.221 e. The van der Waals surface area contributed by atoms with Crippen LogP contribution in [0.2, 0.25) is 0 Å². The Hall–Kier alpha value is -4.05. The van der Waals surface area contributed by atoms with Gasteiger partial charge in [0.25, 0.3) is 0 Å². The molecule has 0 aliphatic carbocycles. The lowest BCUT2D eigenvalue weighted by Crippen LogP contribution is -2.03. The zero-order chi connectivity index (χ0) is 20.9. The number of nitrogens with two attached hydrogens (primary N) is 1. The third-order valence-corrected chi connectivity index (χ3v) is 4.62. The number of benzene rings is 1. The van der Waals surface area contributed by atoms with Crippen LogP contribution in [0.15, 0.2) is 54.7 Å². The van der Waals surface area contributed by atoms with E-state index in [-0.39, 0.29) is 5.95 Å². The zero-order valence-corrected chi connectivity index (χ0v) is 16.7. The van der Waals surface area contributed by atoms with Gasteiger partial charge in [-0.25, -0.2) is 14.6 Å². The van der Waals surface area contributed by atoms with Gasteiger partial charge in [-0.15, -0.1) is 17.4 Å². The van der Waals surface area contributed by atoms with Crippen molar-refractivity contribution in [1.82, 2.24) is 29.9 Å². The first-order valence-corrected chi connectivity index (χ1v) is 9.67. The van der Waals surface area contributed by atoms with E-state index in [1.165, 1.54) is 0 Å². The highest BCUT2D eigenvalue weighted by molar-refractivity contribution is 5.67. The van der Waals surface area contributed by atoms with Crippen LogP contribution in [0.5, 0.6) is 0 Å². The van der Waals surface area contributed by atoms with E-state index in [9.17, 15) is 0 Å². The number of aryl methyl sites for hydroxylation is 1.